The van der Waals surface area contributed by atoms with Gasteiger partial charge in [0, 0.05) is 19.7 Å². The zero-order valence-electron chi connectivity index (χ0n) is 8.12. The number of methoxy groups -OCH3 is 1. The van der Waals surface area contributed by atoms with Crippen molar-refractivity contribution in [3.63, 3.8) is 0 Å². The van der Waals surface area contributed by atoms with Crippen LogP contribution in [0.2, 0.25) is 0 Å². The van der Waals surface area contributed by atoms with Gasteiger partial charge in [0.1, 0.15) is 6.04 Å². The molecule has 2 unspecified atom stereocenters. The first-order chi connectivity index (χ1) is 6.11. The number of ether oxygens (including phenoxy) is 1. The van der Waals surface area contributed by atoms with Crippen LogP contribution in [0.25, 0.3) is 0 Å². The number of hydrogen-bond donors (Lipinski definition) is 3. The maximum absolute atomic E-state index is 10.4. The van der Waals surface area contributed by atoms with Crippen LogP contribution in [0.15, 0.2) is 0 Å². The molecule has 0 saturated heterocycles. The maximum atomic E-state index is 10.4. The molecule has 0 aliphatic rings. The van der Waals surface area contributed by atoms with Gasteiger partial charge in [-0.05, 0) is 6.42 Å². The predicted octanol–water partition coefficient (Wildman–Crippen LogP) is -0.587. The van der Waals surface area contributed by atoms with Gasteiger partial charge in [0.2, 0.25) is 0 Å². The summed E-state index contributed by atoms with van der Waals surface area (Å²) in [5.41, 5.74) is 5.31. The monoisotopic (exact) mass is 190 g/mol. The topological polar surface area (TPSA) is 84.6 Å². The van der Waals surface area contributed by atoms with Crippen molar-refractivity contribution in [3.8, 4) is 0 Å². The first-order valence-corrected chi connectivity index (χ1v) is 4.32. The standard InChI is InChI=1S/C8H18N2O3/c1-3-6(5-13-2)10-4-7(9)8(11)12/h6-7,10H,3-5,9H2,1-2H3,(H,11,12). The summed E-state index contributed by atoms with van der Waals surface area (Å²) < 4.78 is 4.94. The molecule has 0 spiro atoms. The predicted molar refractivity (Wildman–Crippen MR) is 49.6 cm³/mol. The molecule has 13 heavy (non-hydrogen) atoms. The van der Waals surface area contributed by atoms with E-state index in [1.54, 1.807) is 7.11 Å². The number of carboxylic acids is 1. The second kappa shape index (κ2) is 6.82. The molecule has 0 aliphatic heterocycles. The van der Waals surface area contributed by atoms with Crippen molar-refractivity contribution in [1.29, 1.82) is 0 Å². The van der Waals surface area contributed by atoms with E-state index in [0.29, 0.717) is 6.61 Å². The summed E-state index contributed by atoms with van der Waals surface area (Å²) in [7, 11) is 1.61. The Balaban J connectivity index is 3.64. The highest BCUT2D eigenvalue weighted by Gasteiger charge is 2.13. The van der Waals surface area contributed by atoms with Crippen molar-refractivity contribution >= 4 is 5.97 Å². The third-order valence-corrected chi connectivity index (χ3v) is 1.80. The Kier molecular flexibility index (Phi) is 6.48. The largest absolute Gasteiger partial charge is 0.480 e. The van der Waals surface area contributed by atoms with Crippen LogP contribution in [0.4, 0.5) is 0 Å². The summed E-state index contributed by atoms with van der Waals surface area (Å²) in [6, 6.07) is -0.665. The van der Waals surface area contributed by atoms with E-state index in [4.69, 9.17) is 15.6 Å². The molecule has 4 N–H and O–H groups in total. The Hall–Kier alpha value is -0.650. The molecule has 5 heteroatoms. The molecule has 0 fully saturated rings. The highest BCUT2D eigenvalue weighted by Crippen LogP contribution is 1.91. The lowest BCUT2D eigenvalue weighted by Crippen LogP contribution is -2.45. The fraction of sp³-hybridized carbons (Fsp3) is 0.875. The van der Waals surface area contributed by atoms with Gasteiger partial charge < -0.3 is 20.9 Å². The number of carboxylic acid groups (broad SMARTS) is 1. The summed E-state index contributed by atoms with van der Waals surface area (Å²) in [6.45, 7) is 2.85. The highest BCUT2D eigenvalue weighted by molar-refractivity contribution is 5.73. The van der Waals surface area contributed by atoms with Crippen LogP contribution in [0.5, 0.6) is 0 Å². The molecule has 0 aromatic carbocycles. The Labute approximate surface area is 78.3 Å². The van der Waals surface area contributed by atoms with E-state index in [0.717, 1.165) is 6.42 Å². The van der Waals surface area contributed by atoms with Crippen molar-refractivity contribution in [1.82, 2.24) is 5.32 Å². The van der Waals surface area contributed by atoms with Crippen LogP contribution in [-0.2, 0) is 9.53 Å². The molecule has 0 aromatic rings. The van der Waals surface area contributed by atoms with Crippen LogP contribution < -0.4 is 11.1 Å². The molecule has 0 radical (unpaired) electrons. The lowest BCUT2D eigenvalue weighted by molar-refractivity contribution is -0.138. The number of rotatable bonds is 7. The molecule has 2 atom stereocenters. The van der Waals surface area contributed by atoms with E-state index in [9.17, 15) is 4.79 Å². The van der Waals surface area contributed by atoms with Crippen molar-refractivity contribution in [2.45, 2.75) is 25.4 Å². The summed E-state index contributed by atoms with van der Waals surface area (Å²) in [5.74, 6) is -0.986. The summed E-state index contributed by atoms with van der Waals surface area (Å²) in [5, 5.41) is 11.5. The van der Waals surface area contributed by atoms with E-state index in [1.165, 1.54) is 0 Å². The fourth-order valence-electron chi connectivity index (χ4n) is 0.903. The molecular formula is C8H18N2O3. The van der Waals surface area contributed by atoms with Crippen LogP contribution in [0, 0.1) is 0 Å². The molecule has 0 amide bonds. The Morgan fingerprint density at radius 1 is 1.69 bits per heavy atom. The normalized spacial score (nSPS) is 15.3. The van der Waals surface area contributed by atoms with Crippen LogP contribution in [-0.4, -0.2) is 43.4 Å². The SMILES string of the molecule is CCC(COC)NCC(N)C(=O)O. The summed E-state index contributed by atoms with van der Waals surface area (Å²) >= 11 is 0. The van der Waals surface area contributed by atoms with Crippen molar-refractivity contribution < 1.29 is 14.6 Å². The average molecular weight is 190 g/mol. The molecule has 5 nitrogen and oxygen atoms in total. The molecule has 0 heterocycles. The maximum Gasteiger partial charge on any atom is 0.321 e. The second-order valence-electron chi connectivity index (χ2n) is 2.91. The van der Waals surface area contributed by atoms with Crippen LogP contribution >= 0.6 is 0 Å². The first-order valence-electron chi connectivity index (χ1n) is 4.32. The van der Waals surface area contributed by atoms with E-state index in [1.807, 2.05) is 6.92 Å². The Morgan fingerprint density at radius 3 is 2.69 bits per heavy atom. The minimum atomic E-state index is -0.986. The third-order valence-electron chi connectivity index (χ3n) is 1.80. The van der Waals surface area contributed by atoms with Gasteiger partial charge in [-0.15, -0.1) is 0 Å². The van der Waals surface area contributed by atoms with Gasteiger partial charge in [-0.2, -0.15) is 0 Å². The minimum absolute atomic E-state index is 0.176. The molecular weight excluding hydrogens is 172 g/mol. The number of nitrogens with two attached hydrogens (primary N) is 1. The van der Waals surface area contributed by atoms with E-state index in [2.05, 4.69) is 5.32 Å². The number of nitrogens with one attached hydrogen (secondary N) is 1. The van der Waals surface area contributed by atoms with Crippen molar-refractivity contribution in [2.24, 2.45) is 5.73 Å². The van der Waals surface area contributed by atoms with Gasteiger partial charge in [0.25, 0.3) is 0 Å². The number of hydrogen-bond acceptors (Lipinski definition) is 4. The third kappa shape index (κ3) is 5.57. The summed E-state index contributed by atoms with van der Waals surface area (Å²) in [4.78, 5) is 10.4. The zero-order chi connectivity index (χ0) is 10.3. The van der Waals surface area contributed by atoms with Gasteiger partial charge in [-0.1, -0.05) is 6.92 Å². The molecule has 0 saturated carbocycles. The fourth-order valence-corrected chi connectivity index (χ4v) is 0.903. The molecule has 0 aromatic heterocycles. The summed E-state index contributed by atoms with van der Waals surface area (Å²) in [6.07, 6.45) is 0.889. The molecule has 0 aliphatic carbocycles. The first kappa shape index (κ1) is 12.3. The zero-order valence-corrected chi connectivity index (χ0v) is 8.12. The van der Waals surface area contributed by atoms with Gasteiger partial charge in [0.15, 0.2) is 0 Å². The van der Waals surface area contributed by atoms with E-state index < -0.39 is 12.0 Å². The average Bonchev–Trinajstić information content (AvgIpc) is 2.11. The van der Waals surface area contributed by atoms with Gasteiger partial charge in [-0.3, -0.25) is 4.79 Å². The van der Waals surface area contributed by atoms with Crippen LogP contribution in [0.3, 0.4) is 0 Å². The van der Waals surface area contributed by atoms with Crippen molar-refractivity contribution in [2.75, 3.05) is 20.3 Å². The lowest BCUT2D eigenvalue weighted by atomic mass is 10.2. The molecule has 78 valence electrons. The van der Waals surface area contributed by atoms with Crippen molar-refractivity contribution in [3.05, 3.63) is 0 Å². The highest BCUT2D eigenvalue weighted by atomic mass is 16.5. The Bertz CT molecular complexity index is 152. The lowest BCUT2D eigenvalue weighted by Gasteiger charge is -2.17. The number of aliphatic carboxylic acids is 1. The minimum Gasteiger partial charge on any atom is -0.480 e. The van der Waals surface area contributed by atoms with Gasteiger partial charge >= 0.3 is 5.97 Å². The molecule has 0 rings (SSSR count). The van der Waals surface area contributed by atoms with Gasteiger partial charge in [-0.25, -0.2) is 0 Å². The van der Waals surface area contributed by atoms with Crippen LogP contribution in [0.1, 0.15) is 13.3 Å². The second-order valence-corrected chi connectivity index (χ2v) is 2.91. The Morgan fingerprint density at radius 2 is 2.31 bits per heavy atom. The van der Waals surface area contributed by atoms with Gasteiger partial charge in [0.05, 0.1) is 6.61 Å². The van der Waals surface area contributed by atoms with E-state index >= 15 is 0 Å². The quantitative estimate of drug-likeness (QED) is 0.500. The number of carbonyl (C=O) groups is 1. The van der Waals surface area contributed by atoms with E-state index in [-0.39, 0.29) is 12.6 Å². The smallest absolute Gasteiger partial charge is 0.321 e. The molecule has 0 bridgehead atoms.